The molecule has 0 spiro atoms. The van der Waals surface area contributed by atoms with Gasteiger partial charge >= 0.3 is 0 Å². The maximum Gasteiger partial charge on any atom is 0.245 e. The Morgan fingerprint density at radius 1 is 1.37 bits per heavy atom. The minimum atomic E-state index is -3.45. The molecule has 1 atom stereocenters. The Balaban J connectivity index is 3.05. The van der Waals surface area contributed by atoms with Crippen LogP contribution in [-0.2, 0) is 14.6 Å². The fraction of sp³-hybridized carbons (Fsp3) is 0.385. The number of nitrogens with zero attached hydrogens (tertiary/aromatic N) is 2. The first-order valence-corrected chi connectivity index (χ1v) is 7.75. The van der Waals surface area contributed by atoms with Crippen LogP contribution in [0.5, 0.6) is 0 Å². The largest absolute Gasteiger partial charge is 0.310 e. The summed E-state index contributed by atoms with van der Waals surface area (Å²) in [5, 5.41) is 7.52. The standard InChI is InChI=1S/C13H16N2O3S/c1-11(19(2,17)18)13(16)15(10-6-9-14)12-7-4-3-5-8-12/h3-5,7-8,11H,6,10H2,1-2H3. The number of hydrogen-bond donors (Lipinski definition) is 0. The number of hydrogen-bond acceptors (Lipinski definition) is 4. The van der Waals surface area contributed by atoms with E-state index in [1.807, 2.05) is 6.07 Å². The van der Waals surface area contributed by atoms with Crippen molar-refractivity contribution in [3.63, 3.8) is 0 Å². The number of rotatable bonds is 5. The Bertz CT molecular complexity index is 576. The zero-order valence-electron chi connectivity index (χ0n) is 10.9. The van der Waals surface area contributed by atoms with Crippen molar-refractivity contribution in [1.82, 2.24) is 0 Å². The van der Waals surface area contributed by atoms with Crippen LogP contribution in [-0.4, -0.2) is 32.4 Å². The van der Waals surface area contributed by atoms with Crippen LogP contribution in [0.1, 0.15) is 13.3 Å². The van der Waals surface area contributed by atoms with Gasteiger partial charge in [-0.2, -0.15) is 5.26 Å². The van der Waals surface area contributed by atoms with Gasteiger partial charge in [-0.3, -0.25) is 4.79 Å². The van der Waals surface area contributed by atoms with Crippen molar-refractivity contribution >= 4 is 21.4 Å². The smallest absolute Gasteiger partial charge is 0.245 e. The molecule has 0 N–H and O–H groups in total. The molecule has 1 rings (SSSR count). The molecule has 6 heteroatoms. The van der Waals surface area contributed by atoms with Crippen molar-refractivity contribution in [3.05, 3.63) is 30.3 Å². The molecule has 5 nitrogen and oxygen atoms in total. The van der Waals surface area contributed by atoms with E-state index in [0.717, 1.165) is 6.26 Å². The third-order valence-corrected chi connectivity index (χ3v) is 4.26. The summed E-state index contributed by atoms with van der Waals surface area (Å²) in [6, 6.07) is 10.7. The minimum absolute atomic E-state index is 0.150. The molecule has 0 aliphatic carbocycles. The van der Waals surface area contributed by atoms with Gasteiger partial charge in [0.05, 0.1) is 12.5 Å². The first kappa shape index (κ1) is 15.2. The van der Waals surface area contributed by atoms with E-state index in [0.29, 0.717) is 5.69 Å². The average Bonchev–Trinajstić information content (AvgIpc) is 2.38. The lowest BCUT2D eigenvalue weighted by atomic mass is 10.2. The minimum Gasteiger partial charge on any atom is -0.310 e. The second-order valence-corrected chi connectivity index (χ2v) is 6.57. The number of carbonyl (C=O) groups is 1. The maximum atomic E-state index is 12.2. The Morgan fingerprint density at radius 2 is 1.95 bits per heavy atom. The zero-order valence-corrected chi connectivity index (χ0v) is 11.7. The van der Waals surface area contributed by atoms with E-state index < -0.39 is 21.0 Å². The number of nitriles is 1. The summed E-state index contributed by atoms with van der Waals surface area (Å²) in [4.78, 5) is 13.6. The first-order chi connectivity index (χ1) is 8.88. The molecule has 0 radical (unpaired) electrons. The van der Waals surface area contributed by atoms with Gasteiger partial charge in [-0.15, -0.1) is 0 Å². The summed E-state index contributed by atoms with van der Waals surface area (Å²) < 4.78 is 22.9. The fourth-order valence-electron chi connectivity index (χ4n) is 1.54. The van der Waals surface area contributed by atoms with Crippen molar-refractivity contribution < 1.29 is 13.2 Å². The number of carbonyl (C=O) groups excluding carboxylic acids is 1. The monoisotopic (exact) mass is 280 g/mol. The molecule has 0 aromatic heterocycles. The van der Waals surface area contributed by atoms with E-state index in [1.54, 1.807) is 30.3 Å². The fourth-order valence-corrected chi connectivity index (χ4v) is 2.03. The number of sulfone groups is 1. The Kier molecular flexibility index (Phi) is 5.07. The van der Waals surface area contributed by atoms with Crippen molar-refractivity contribution in [3.8, 4) is 6.07 Å². The molecular formula is C13H16N2O3S. The topological polar surface area (TPSA) is 78.2 Å². The highest BCUT2D eigenvalue weighted by molar-refractivity contribution is 7.92. The number of anilines is 1. The predicted octanol–water partition coefficient (Wildman–Crippen LogP) is 1.37. The third-order valence-electron chi connectivity index (χ3n) is 2.77. The molecule has 1 aromatic carbocycles. The lowest BCUT2D eigenvalue weighted by Crippen LogP contribution is -2.41. The van der Waals surface area contributed by atoms with Gasteiger partial charge in [0.2, 0.25) is 5.91 Å². The summed E-state index contributed by atoms with van der Waals surface area (Å²) in [5.41, 5.74) is 0.596. The van der Waals surface area contributed by atoms with Gasteiger partial charge in [0.25, 0.3) is 0 Å². The molecule has 1 aromatic rings. The van der Waals surface area contributed by atoms with Crippen LogP contribution in [0.2, 0.25) is 0 Å². The molecule has 0 bridgehead atoms. The van der Waals surface area contributed by atoms with Gasteiger partial charge in [-0.25, -0.2) is 8.42 Å². The molecule has 0 saturated heterocycles. The second-order valence-electron chi connectivity index (χ2n) is 4.21. The summed E-state index contributed by atoms with van der Waals surface area (Å²) in [6.45, 7) is 1.54. The summed E-state index contributed by atoms with van der Waals surface area (Å²) in [5.74, 6) is -0.510. The zero-order chi connectivity index (χ0) is 14.5. The molecule has 1 unspecified atom stereocenters. The number of para-hydroxylation sites is 1. The molecule has 102 valence electrons. The van der Waals surface area contributed by atoms with Crippen LogP contribution in [0, 0.1) is 11.3 Å². The van der Waals surface area contributed by atoms with Crippen LogP contribution in [0.3, 0.4) is 0 Å². The van der Waals surface area contributed by atoms with E-state index in [1.165, 1.54) is 11.8 Å². The second kappa shape index (κ2) is 6.34. The quantitative estimate of drug-likeness (QED) is 0.816. The molecule has 0 saturated carbocycles. The average molecular weight is 280 g/mol. The Morgan fingerprint density at radius 3 is 2.42 bits per heavy atom. The Labute approximate surface area is 113 Å². The van der Waals surface area contributed by atoms with E-state index in [-0.39, 0.29) is 13.0 Å². The van der Waals surface area contributed by atoms with Gasteiger partial charge in [-0.1, -0.05) is 18.2 Å². The van der Waals surface area contributed by atoms with Crippen LogP contribution in [0.15, 0.2) is 30.3 Å². The van der Waals surface area contributed by atoms with E-state index in [2.05, 4.69) is 0 Å². The normalized spacial score (nSPS) is 12.5. The summed E-state index contributed by atoms with van der Waals surface area (Å²) in [7, 11) is -3.45. The van der Waals surface area contributed by atoms with Crippen molar-refractivity contribution in [2.75, 3.05) is 17.7 Å². The molecule has 0 fully saturated rings. The molecule has 1 amide bonds. The van der Waals surface area contributed by atoms with Crippen molar-refractivity contribution in [2.45, 2.75) is 18.6 Å². The third kappa shape index (κ3) is 4.07. The lowest BCUT2D eigenvalue weighted by molar-refractivity contribution is -0.117. The van der Waals surface area contributed by atoms with Gasteiger partial charge in [0.1, 0.15) is 5.25 Å². The van der Waals surface area contributed by atoms with Crippen molar-refractivity contribution in [2.24, 2.45) is 0 Å². The lowest BCUT2D eigenvalue weighted by Gasteiger charge is -2.24. The van der Waals surface area contributed by atoms with Crippen LogP contribution in [0.25, 0.3) is 0 Å². The van der Waals surface area contributed by atoms with Crippen LogP contribution in [0.4, 0.5) is 5.69 Å². The van der Waals surface area contributed by atoms with Crippen LogP contribution >= 0.6 is 0 Å². The highest BCUT2D eigenvalue weighted by Gasteiger charge is 2.28. The Hall–Kier alpha value is -1.87. The van der Waals surface area contributed by atoms with Crippen molar-refractivity contribution in [1.29, 1.82) is 5.26 Å². The van der Waals surface area contributed by atoms with Gasteiger partial charge in [0, 0.05) is 18.5 Å². The van der Waals surface area contributed by atoms with Gasteiger partial charge < -0.3 is 4.90 Å². The molecule has 0 aliphatic rings. The highest BCUT2D eigenvalue weighted by Crippen LogP contribution is 2.16. The SMILES string of the molecule is CC(C(=O)N(CCC#N)c1ccccc1)S(C)(=O)=O. The molecule has 19 heavy (non-hydrogen) atoms. The number of amides is 1. The summed E-state index contributed by atoms with van der Waals surface area (Å²) in [6.07, 6.45) is 1.18. The highest BCUT2D eigenvalue weighted by atomic mass is 32.2. The molecule has 0 heterocycles. The first-order valence-electron chi connectivity index (χ1n) is 5.80. The maximum absolute atomic E-state index is 12.2. The van der Waals surface area contributed by atoms with E-state index in [4.69, 9.17) is 5.26 Å². The van der Waals surface area contributed by atoms with E-state index >= 15 is 0 Å². The van der Waals surface area contributed by atoms with E-state index in [9.17, 15) is 13.2 Å². The van der Waals surface area contributed by atoms with Gasteiger partial charge in [0.15, 0.2) is 9.84 Å². The van der Waals surface area contributed by atoms with Crippen LogP contribution < -0.4 is 4.90 Å². The number of benzene rings is 1. The molecular weight excluding hydrogens is 264 g/mol. The van der Waals surface area contributed by atoms with Gasteiger partial charge in [-0.05, 0) is 19.1 Å². The molecule has 0 aliphatic heterocycles. The summed E-state index contributed by atoms with van der Waals surface area (Å²) >= 11 is 0. The predicted molar refractivity (Wildman–Crippen MR) is 73.3 cm³/mol.